The lowest BCUT2D eigenvalue weighted by Crippen LogP contribution is -2.01. The Kier molecular flexibility index (Phi) is 4.77. The van der Waals surface area contributed by atoms with Crippen LogP contribution in [0.3, 0.4) is 0 Å². The average Bonchev–Trinajstić information content (AvgIpc) is 2.67. The quantitative estimate of drug-likeness (QED) is 0.480. The first-order chi connectivity index (χ1) is 11.8. The molecule has 24 heavy (non-hydrogen) atoms. The fourth-order valence-electron chi connectivity index (χ4n) is 2.28. The molecule has 0 heterocycles. The molecule has 0 aliphatic heterocycles. The van der Waals surface area contributed by atoms with Gasteiger partial charge >= 0.3 is 0 Å². The first-order valence-electron chi connectivity index (χ1n) is 7.51. The highest BCUT2D eigenvalue weighted by molar-refractivity contribution is 6.09. The first-order valence-corrected chi connectivity index (χ1v) is 7.51. The molecule has 4 nitrogen and oxygen atoms in total. The zero-order valence-electron chi connectivity index (χ0n) is 12.9. The van der Waals surface area contributed by atoms with Gasteiger partial charge in [0.05, 0.1) is 0 Å². The van der Waals surface area contributed by atoms with E-state index >= 15 is 0 Å². The smallest absolute Gasteiger partial charge is 0.193 e. The molecule has 0 spiro atoms. The molecule has 0 unspecified atom stereocenters. The van der Waals surface area contributed by atoms with Crippen LogP contribution in [0.1, 0.15) is 21.5 Å². The van der Waals surface area contributed by atoms with Crippen molar-refractivity contribution in [1.29, 1.82) is 0 Å². The second kappa shape index (κ2) is 7.33. The van der Waals surface area contributed by atoms with Crippen molar-refractivity contribution in [2.24, 2.45) is 5.18 Å². The van der Waals surface area contributed by atoms with Crippen LogP contribution in [0.5, 0.6) is 5.75 Å². The zero-order valence-corrected chi connectivity index (χ0v) is 12.9. The molecule has 3 rings (SSSR count). The summed E-state index contributed by atoms with van der Waals surface area (Å²) in [6.45, 7) is 0.480. The third-order valence-corrected chi connectivity index (χ3v) is 3.60. The summed E-state index contributed by atoms with van der Waals surface area (Å²) in [5.74, 6) is 0.595. The van der Waals surface area contributed by atoms with Crippen molar-refractivity contribution in [1.82, 2.24) is 0 Å². The lowest BCUT2D eigenvalue weighted by molar-refractivity contribution is 0.103. The van der Waals surface area contributed by atoms with Crippen molar-refractivity contribution in [2.75, 3.05) is 0 Å². The summed E-state index contributed by atoms with van der Waals surface area (Å²) in [4.78, 5) is 22.8. The largest absolute Gasteiger partial charge is 0.489 e. The van der Waals surface area contributed by atoms with E-state index in [2.05, 4.69) is 5.18 Å². The standard InChI is InChI=1S/C20H15NO3/c22-20(16-6-10-18(21-23)11-7-16)17-8-12-19(13-9-17)24-14-15-4-2-1-3-5-15/h1-13H,14H2. The van der Waals surface area contributed by atoms with E-state index < -0.39 is 0 Å². The Labute approximate surface area is 139 Å². The summed E-state index contributed by atoms with van der Waals surface area (Å²) in [5.41, 5.74) is 2.46. The van der Waals surface area contributed by atoms with Crippen molar-refractivity contribution < 1.29 is 9.53 Å². The van der Waals surface area contributed by atoms with E-state index in [0.29, 0.717) is 29.2 Å². The molecule has 0 fully saturated rings. The zero-order chi connectivity index (χ0) is 16.8. The van der Waals surface area contributed by atoms with Crippen LogP contribution in [0, 0.1) is 4.91 Å². The van der Waals surface area contributed by atoms with Crippen LogP contribution in [-0.4, -0.2) is 5.78 Å². The number of ketones is 1. The second-order valence-electron chi connectivity index (χ2n) is 5.27. The van der Waals surface area contributed by atoms with Gasteiger partial charge in [-0.25, -0.2) is 0 Å². The molecule has 0 bridgehead atoms. The van der Waals surface area contributed by atoms with Crippen molar-refractivity contribution >= 4 is 11.5 Å². The molecule has 0 aromatic heterocycles. The van der Waals surface area contributed by atoms with Crippen molar-refractivity contribution in [3.8, 4) is 5.75 Å². The molecule has 118 valence electrons. The second-order valence-corrected chi connectivity index (χ2v) is 5.27. The number of rotatable bonds is 6. The maximum Gasteiger partial charge on any atom is 0.193 e. The molecule has 0 amide bonds. The van der Waals surface area contributed by atoms with Crippen molar-refractivity contribution in [3.63, 3.8) is 0 Å². The predicted molar refractivity (Wildman–Crippen MR) is 92.5 cm³/mol. The average molecular weight is 317 g/mol. The Balaban J connectivity index is 1.67. The fourth-order valence-corrected chi connectivity index (χ4v) is 2.28. The number of hydrogen-bond donors (Lipinski definition) is 0. The van der Waals surface area contributed by atoms with E-state index in [4.69, 9.17) is 4.74 Å². The van der Waals surface area contributed by atoms with Gasteiger partial charge in [-0.05, 0) is 59.3 Å². The summed E-state index contributed by atoms with van der Waals surface area (Å²) >= 11 is 0. The lowest BCUT2D eigenvalue weighted by Gasteiger charge is -2.07. The summed E-state index contributed by atoms with van der Waals surface area (Å²) in [7, 11) is 0. The maximum absolute atomic E-state index is 12.4. The van der Waals surface area contributed by atoms with Gasteiger partial charge in [0.25, 0.3) is 0 Å². The first kappa shape index (κ1) is 15.6. The monoisotopic (exact) mass is 317 g/mol. The van der Waals surface area contributed by atoms with Gasteiger partial charge in [-0.15, -0.1) is 4.91 Å². The van der Waals surface area contributed by atoms with Gasteiger partial charge in [0.2, 0.25) is 0 Å². The van der Waals surface area contributed by atoms with Crippen molar-refractivity contribution in [3.05, 3.63) is 100 Å². The molecule has 4 heteroatoms. The van der Waals surface area contributed by atoms with Crippen LogP contribution in [0.2, 0.25) is 0 Å². The number of hydrogen-bond acceptors (Lipinski definition) is 4. The van der Waals surface area contributed by atoms with Gasteiger partial charge in [-0.3, -0.25) is 4.79 Å². The van der Waals surface area contributed by atoms with Crippen LogP contribution in [0.25, 0.3) is 0 Å². The number of benzene rings is 3. The number of carbonyl (C=O) groups excluding carboxylic acids is 1. The Bertz CT molecular complexity index is 825. The Morgan fingerprint density at radius 2 is 1.38 bits per heavy atom. The van der Waals surface area contributed by atoms with E-state index in [9.17, 15) is 9.70 Å². The third-order valence-electron chi connectivity index (χ3n) is 3.60. The minimum absolute atomic E-state index is 0.109. The van der Waals surface area contributed by atoms with Gasteiger partial charge in [0, 0.05) is 11.1 Å². The molecule has 0 atom stereocenters. The molecule has 0 N–H and O–H groups in total. The van der Waals surface area contributed by atoms with Gasteiger partial charge in [-0.2, -0.15) is 0 Å². The fraction of sp³-hybridized carbons (Fsp3) is 0.0500. The molecule has 0 aliphatic rings. The van der Waals surface area contributed by atoms with Crippen LogP contribution in [0.4, 0.5) is 5.69 Å². The Hall–Kier alpha value is -3.27. The highest BCUT2D eigenvalue weighted by Crippen LogP contribution is 2.18. The van der Waals surface area contributed by atoms with E-state index in [1.807, 2.05) is 30.3 Å². The molecule has 0 aliphatic carbocycles. The Morgan fingerprint density at radius 1 is 0.792 bits per heavy atom. The van der Waals surface area contributed by atoms with Gasteiger partial charge in [0.15, 0.2) is 5.78 Å². The van der Waals surface area contributed by atoms with Crippen LogP contribution in [0.15, 0.2) is 84.0 Å². The van der Waals surface area contributed by atoms with E-state index in [1.165, 1.54) is 12.1 Å². The van der Waals surface area contributed by atoms with E-state index in [1.54, 1.807) is 36.4 Å². The number of nitroso groups, excluding NO2 is 1. The predicted octanol–water partition coefficient (Wildman–Crippen LogP) is 4.89. The SMILES string of the molecule is O=Nc1ccc(C(=O)c2ccc(OCc3ccccc3)cc2)cc1. The molecule has 0 saturated heterocycles. The van der Waals surface area contributed by atoms with Crippen molar-refractivity contribution in [2.45, 2.75) is 6.61 Å². The van der Waals surface area contributed by atoms with Crippen LogP contribution < -0.4 is 4.74 Å². The normalized spacial score (nSPS) is 10.2. The molecule has 3 aromatic rings. The van der Waals surface area contributed by atoms with Gasteiger partial charge < -0.3 is 4.74 Å². The van der Waals surface area contributed by atoms with E-state index in [-0.39, 0.29) is 5.78 Å². The Morgan fingerprint density at radius 3 is 1.96 bits per heavy atom. The highest BCUT2D eigenvalue weighted by atomic mass is 16.5. The van der Waals surface area contributed by atoms with E-state index in [0.717, 1.165) is 5.56 Å². The van der Waals surface area contributed by atoms with Gasteiger partial charge in [0.1, 0.15) is 18.0 Å². The minimum atomic E-state index is -0.109. The summed E-state index contributed by atoms with van der Waals surface area (Å²) in [6.07, 6.45) is 0. The maximum atomic E-state index is 12.4. The molecular formula is C20H15NO3. The molecule has 0 saturated carbocycles. The number of nitrogens with zero attached hydrogens (tertiary/aromatic N) is 1. The summed E-state index contributed by atoms with van der Waals surface area (Å²) in [6, 6.07) is 23.1. The third kappa shape index (κ3) is 3.73. The highest BCUT2D eigenvalue weighted by Gasteiger charge is 2.09. The minimum Gasteiger partial charge on any atom is -0.489 e. The van der Waals surface area contributed by atoms with Crippen LogP contribution >= 0.6 is 0 Å². The number of carbonyl (C=O) groups is 1. The topological polar surface area (TPSA) is 55.7 Å². The summed E-state index contributed by atoms with van der Waals surface area (Å²) in [5, 5.41) is 2.82. The summed E-state index contributed by atoms with van der Waals surface area (Å²) < 4.78 is 5.70. The molecular weight excluding hydrogens is 302 g/mol. The molecule has 0 radical (unpaired) electrons. The molecule has 3 aromatic carbocycles. The van der Waals surface area contributed by atoms with Crippen LogP contribution in [-0.2, 0) is 6.61 Å². The van der Waals surface area contributed by atoms with Gasteiger partial charge in [-0.1, -0.05) is 30.3 Å². The number of ether oxygens (including phenoxy) is 1. The lowest BCUT2D eigenvalue weighted by atomic mass is 10.0.